The summed E-state index contributed by atoms with van der Waals surface area (Å²) in [5.74, 6) is 13.0. The van der Waals surface area contributed by atoms with Crippen molar-refractivity contribution in [2.75, 3.05) is 13.7 Å². The number of hydrogen-bond donors (Lipinski definition) is 0. The van der Waals surface area contributed by atoms with E-state index in [-0.39, 0.29) is 5.97 Å². The highest BCUT2D eigenvalue weighted by Gasteiger charge is 2.89. The Labute approximate surface area is 184 Å². The van der Waals surface area contributed by atoms with Crippen molar-refractivity contribution in [3.63, 3.8) is 0 Å². The van der Waals surface area contributed by atoms with Gasteiger partial charge in [-0.2, -0.15) is 0 Å². The fraction of sp³-hybridized carbons (Fsp3) is 0.750. The molecule has 9 unspecified atom stereocenters. The molecule has 0 amide bonds. The number of fused-ring (bicyclic) bond motifs is 4. The van der Waals surface area contributed by atoms with Gasteiger partial charge >= 0.3 is 5.97 Å². The van der Waals surface area contributed by atoms with Gasteiger partial charge in [0.25, 0.3) is 0 Å². The number of benzene rings is 1. The average molecular weight is 417 g/mol. The molecule has 8 aliphatic rings. The van der Waals surface area contributed by atoms with E-state index in [0.29, 0.717) is 18.4 Å². The first kappa shape index (κ1) is 17.0. The van der Waals surface area contributed by atoms with Crippen LogP contribution < -0.4 is 4.74 Å². The maximum atomic E-state index is 13.9. The highest BCUT2D eigenvalue weighted by Crippen LogP contribution is 2.90. The first-order valence-corrected chi connectivity index (χ1v) is 13.0. The van der Waals surface area contributed by atoms with E-state index in [9.17, 15) is 4.79 Å². The van der Waals surface area contributed by atoms with Gasteiger partial charge in [0.2, 0.25) is 0 Å². The van der Waals surface area contributed by atoms with E-state index in [4.69, 9.17) is 9.47 Å². The van der Waals surface area contributed by atoms with E-state index in [2.05, 4.69) is 0 Å². The summed E-state index contributed by atoms with van der Waals surface area (Å²) in [5, 5.41) is 0. The SMILES string of the molecule is COC(=O)C1(COc2ccccc2)[C@H]2[C@@H]3C4C5C(C6CCC7C6[C@H]5[C@@H]3[C@H]71)C1CC[C@H]2C14. The van der Waals surface area contributed by atoms with Crippen molar-refractivity contribution in [3.05, 3.63) is 30.3 Å². The molecule has 9 rings (SSSR count). The van der Waals surface area contributed by atoms with Crippen LogP contribution in [-0.4, -0.2) is 19.7 Å². The first-order valence-electron chi connectivity index (χ1n) is 13.0. The second kappa shape index (κ2) is 5.18. The maximum Gasteiger partial charge on any atom is 0.315 e. The van der Waals surface area contributed by atoms with Crippen molar-refractivity contribution in [1.29, 1.82) is 0 Å². The molecule has 1 aromatic carbocycles. The van der Waals surface area contributed by atoms with Gasteiger partial charge in [0.15, 0.2) is 0 Å². The zero-order valence-corrected chi connectivity index (χ0v) is 18.2. The van der Waals surface area contributed by atoms with Crippen LogP contribution in [0.5, 0.6) is 5.75 Å². The third kappa shape index (κ3) is 1.53. The summed E-state index contributed by atoms with van der Waals surface area (Å²) in [7, 11) is 1.64. The molecule has 3 heteroatoms. The number of carbonyl (C=O) groups is 1. The van der Waals surface area contributed by atoms with Gasteiger partial charge in [-0.1, -0.05) is 18.2 Å². The molecular formula is C28H32O3. The first-order chi connectivity index (χ1) is 15.3. The summed E-state index contributed by atoms with van der Waals surface area (Å²) >= 11 is 0. The molecule has 8 fully saturated rings. The minimum absolute atomic E-state index is 0.0766. The van der Waals surface area contributed by atoms with E-state index in [0.717, 1.165) is 76.8 Å². The summed E-state index contributed by atoms with van der Waals surface area (Å²) in [6, 6.07) is 10.2. The van der Waals surface area contributed by atoms with Crippen molar-refractivity contribution in [2.24, 2.45) is 88.3 Å². The van der Waals surface area contributed by atoms with Crippen LogP contribution >= 0.6 is 0 Å². The van der Waals surface area contributed by atoms with Gasteiger partial charge in [0.1, 0.15) is 17.8 Å². The quantitative estimate of drug-likeness (QED) is 0.677. The zero-order valence-electron chi connectivity index (χ0n) is 18.2. The Bertz CT molecular complexity index is 941. The van der Waals surface area contributed by atoms with Gasteiger partial charge in [0.05, 0.1) is 7.11 Å². The van der Waals surface area contributed by atoms with E-state index >= 15 is 0 Å². The lowest BCUT2D eigenvalue weighted by atomic mass is 9.62. The normalized spacial score (nSPS) is 61.6. The Morgan fingerprint density at radius 2 is 1.29 bits per heavy atom. The van der Waals surface area contributed by atoms with Crippen molar-refractivity contribution < 1.29 is 14.3 Å². The van der Waals surface area contributed by atoms with Crippen molar-refractivity contribution >= 4 is 5.97 Å². The predicted octanol–water partition coefficient (Wildman–Crippen LogP) is 4.52. The molecule has 162 valence electrons. The van der Waals surface area contributed by atoms with Crippen LogP contribution in [0.25, 0.3) is 0 Å². The molecular weight excluding hydrogens is 384 g/mol. The van der Waals surface area contributed by atoms with Crippen molar-refractivity contribution in [1.82, 2.24) is 0 Å². The predicted molar refractivity (Wildman–Crippen MR) is 114 cm³/mol. The summed E-state index contributed by atoms with van der Waals surface area (Å²) in [6.07, 6.45) is 5.63. The standard InChI is InChI=1S/C28H32O3/c1-30-27(29)28(11-31-12-5-3-2-4-6-12)25-15-9-7-13-17-14-8-10-16-19(14)22-20(17)21(18(13)15)23(25)24(22)26(16)28/h2-6,13-26H,7-11H2,1H3/t13?,14?,15-,16?,17?,18?,19?,20?,21?,22+,23+,24-,25+,26-,28?/m0/s1. The van der Waals surface area contributed by atoms with E-state index in [1.165, 1.54) is 25.7 Å². The number of hydrogen-bond acceptors (Lipinski definition) is 3. The Hall–Kier alpha value is -1.51. The molecule has 0 aromatic heterocycles. The Morgan fingerprint density at radius 1 is 0.774 bits per heavy atom. The van der Waals surface area contributed by atoms with E-state index < -0.39 is 5.41 Å². The molecule has 8 aliphatic carbocycles. The van der Waals surface area contributed by atoms with Crippen LogP contribution in [0.2, 0.25) is 0 Å². The maximum absolute atomic E-state index is 13.9. The number of para-hydroxylation sites is 1. The molecule has 8 saturated carbocycles. The summed E-state index contributed by atoms with van der Waals surface area (Å²) in [5.41, 5.74) is -0.409. The number of esters is 1. The number of rotatable bonds is 4. The lowest BCUT2D eigenvalue weighted by molar-refractivity contribution is -0.165. The van der Waals surface area contributed by atoms with Gasteiger partial charge in [-0.05, 0) is 121 Å². The lowest BCUT2D eigenvalue weighted by Crippen LogP contribution is -2.50. The van der Waals surface area contributed by atoms with Gasteiger partial charge in [0, 0.05) is 0 Å². The van der Waals surface area contributed by atoms with Gasteiger partial charge in [-0.3, -0.25) is 4.79 Å². The highest BCUT2D eigenvalue weighted by molar-refractivity contribution is 5.79. The van der Waals surface area contributed by atoms with Crippen LogP contribution in [0.4, 0.5) is 0 Å². The van der Waals surface area contributed by atoms with Crippen LogP contribution in [0.15, 0.2) is 30.3 Å². The number of methoxy groups -OCH3 is 1. The van der Waals surface area contributed by atoms with E-state index in [1.54, 1.807) is 7.11 Å². The molecule has 15 atom stereocenters. The van der Waals surface area contributed by atoms with Crippen molar-refractivity contribution in [3.8, 4) is 5.75 Å². The number of ether oxygens (including phenoxy) is 2. The largest absolute Gasteiger partial charge is 0.492 e. The summed E-state index contributed by atoms with van der Waals surface area (Å²) in [4.78, 5) is 13.9. The number of carbonyl (C=O) groups excluding carboxylic acids is 1. The third-order valence-corrected chi connectivity index (χ3v) is 12.9. The molecule has 0 heterocycles. The molecule has 0 aliphatic heterocycles. The van der Waals surface area contributed by atoms with E-state index in [1.807, 2.05) is 30.3 Å². The van der Waals surface area contributed by atoms with Gasteiger partial charge in [-0.25, -0.2) is 0 Å². The molecule has 3 nitrogen and oxygen atoms in total. The molecule has 0 saturated heterocycles. The lowest BCUT2D eigenvalue weighted by Gasteiger charge is -2.42. The molecule has 0 N–H and O–H groups in total. The molecule has 0 radical (unpaired) electrons. The monoisotopic (exact) mass is 416 g/mol. The Morgan fingerprint density at radius 3 is 1.87 bits per heavy atom. The highest BCUT2D eigenvalue weighted by atomic mass is 16.5. The fourth-order valence-electron chi connectivity index (χ4n) is 13.4. The van der Waals surface area contributed by atoms with Crippen LogP contribution in [0.3, 0.4) is 0 Å². The van der Waals surface area contributed by atoms with Crippen molar-refractivity contribution in [2.45, 2.75) is 25.7 Å². The van der Waals surface area contributed by atoms with Crippen LogP contribution in [0.1, 0.15) is 25.7 Å². The second-order valence-corrected chi connectivity index (χ2v) is 12.6. The Kier molecular flexibility index (Phi) is 2.84. The second-order valence-electron chi connectivity index (χ2n) is 12.6. The third-order valence-electron chi connectivity index (χ3n) is 12.9. The Balaban J connectivity index is 1.25. The van der Waals surface area contributed by atoms with Gasteiger partial charge < -0.3 is 9.47 Å². The molecule has 31 heavy (non-hydrogen) atoms. The van der Waals surface area contributed by atoms with Crippen LogP contribution in [0, 0.1) is 88.3 Å². The minimum atomic E-state index is -0.409. The zero-order chi connectivity index (χ0) is 20.2. The molecule has 1 aromatic rings. The van der Waals surface area contributed by atoms with Gasteiger partial charge in [-0.15, -0.1) is 0 Å². The average Bonchev–Trinajstić information content (AvgIpc) is 3.58. The fourth-order valence-corrected chi connectivity index (χ4v) is 13.4. The molecule has 0 spiro atoms. The smallest absolute Gasteiger partial charge is 0.315 e. The molecule has 0 bridgehead atoms. The topological polar surface area (TPSA) is 35.5 Å². The minimum Gasteiger partial charge on any atom is -0.492 e. The van der Waals surface area contributed by atoms with Crippen LogP contribution in [-0.2, 0) is 9.53 Å². The summed E-state index contributed by atoms with van der Waals surface area (Å²) in [6.45, 7) is 0.543. The summed E-state index contributed by atoms with van der Waals surface area (Å²) < 4.78 is 12.2.